The standard InChI is InChI=1S/C19H35N3O/c1-13-6-8-22(9-7-13)14(2)12-21-19(23)17-10-15-4-3-5-16(11-17)18(15)20/h13-18H,3-12,20H2,1-2H3,(H,21,23). The van der Waals surface area contributed by atoms with Crippen LogP contribution in [0, 0.1) is 23.7 Å². The highest BCUT2D eigenvalue weighted by Crippen LogP contribution is 2.41. The van der Waals surface area contributed by atoms with Crippen molar-refractivity contribution in [3.05, 3.63) is 0 Å². The molecule has 3 aliphatic rings. The summed E-state index contributed by atoms with van der Waals surface area (Å²) in [6.07, 6.45) is 8.37. The fraction of sp³-hybridized carbons (Fsp3) is 0.947. The zero-order chi connectivity index (χ0) is 16.4. The van der Waals surface area contributed by atoms with E-state index in [1.165, 1.54) is 45.2 Å². The van der Waals surface area contributed by atoms with Crippen LogP contribution in [-0.4, -0.2) is 42.5 Å². The first-order valence-electron chi connectivity index (χ1n) is 9.82. The molecule has 23 heavy (non-hydrogen) atoms. The minimum atomic E-state index is 0.207. The third-order valence-corrected chi connectivity index (χ3v) is 6.80. The highest BCUT2D eigenvalue weighted by molar-refractivity contribution is 5.78. The molecule has 4 nitrogen and oxygen atoms in total. The number of amides is 1. The van der Waals surface area contributed by atoms with Gasteiger partial charge in [0.25, 0.3) is 0 Å². The first-order chi connectivity index (χ1) is 11.0. The Hall–Kier alpha value is -0.610. The zero-order valence-electron chi connectivity index (χ0n) is 15.0. The van der Waals surface area contributed by atoms with Crippen molar-refractivity contribution in [3.63, 3.8) is 0 Å². The molecule has 2 bridgehead atoms. The molecule has 0 aromatic rings. The van der Waals surface area contributed by atoms with Crippen molar-refractivity contribution in [2.45, 2.75) is 70.9 Å². The van der Waals surface area contributed by atoms with Crippen LogP contribution in [0.1, 0.15) is 58.8 Å². The van der Waals surface area contributed by atoms with Crippen molar-refractivity contribution in [3.8, 4) is 0 Å². The fourth-order valence-electron chi connectivity index (χ4n) is 4.99. The largest absolute Gasteiger partial charge is 0.354 e. The summed E-state index contributed by atoms with van der Waals surface area (Å²) in [4.78, 5) is 15.1. The van der Waals surface area contributed by atoms with Crippen LogP contribution >= 0.6 is 0 Å². The Balaban J connectivity index is 1.44. The summed E-state index contributed by atoms with van der Waals surface area (Å²) >= 11 is 0. The molecule has 3 fully saturated rings. The fourth-order valence-corrected chi connectivity index (χ4v) is 4.99. The second-order valence-electron chi connectivity index (χ2n) is 8.51. The van der Waals surface area contributed by atoms with Gasteiger partial charge in [0.1, 0.15) is 0 Å². The maximum Gasteiger partial charge on any atom is 0.223 e. The Morgan fingerprint density at radius 1 is 1.17 bits per heavy atom. The Morgan fingerprint density at radius 2 is 1.78 bits per heavy atom. The van der Waals surface area contributed by atoms with E-state index in [0.717, 1.165) is 25.3 Å². The highest BCUT2D eigenvalue weighted by atomic mass is 16.1. The number of hydrogen-bond donors (Lipinski definition) is 2. The van der Waals surface area contributed by atoms with E-state index in [2.05, 4.69) is 24.1 Å². The third kappa shape index (κ3) is 4.08. The molecule has 2 saturated carbocycles. The van der Waals surface area contributed by atoms with Crippen LogP contribution in [0.4, 0.5) is 0 Å². The average Bonchev–Trinajstić information content (AvgIpc) is 2.52. The molecule has 0 aromatic carbocycles. The lowest BCUT2D eigenvalue weighted by atomic mass is 9.65. The second-order valence-corrected chi connectivity index (χ2v) is 8.51. The van der Waals surface area contributed by atoms with E-state index in [1.54, 1.807) is 0 Å². The molecule has 1 heterocycles. The number of nitrogens with two attached hydrogens (primary N) is 1. The maximum absolute atomic E-state index is 12.6. The van der Waals surface area contributed by atoms with Crippen LogP contribution in [0.5, 0.6) is 0 Å². The van der Waals surface area contributed by atoms with Crippen molar-refractivity contribution in [2.75, 3.05) is 19.6 Å². The van der Waals surface area contributed by atoms with Gasteiger partial charge >= 0.3 is 0 Å². The second kappa shape index (κ2) is 7.52. The van der Waals surface area contributed by atoms with Crippen LogP contribution in [0.3, 0.4) is 0 Å². The third-order valence-electron chi connectivity index (χ3n) is 6.80. The Kier molecular flexibility index (Phi) is 5.63. The molecule has 1 saturated heterocycles. The molecular formula is C19H35N3O. The van der Waals surface area contributed by atoms with E-state index in [1.807, 2.05) is 0 Å². The molecule has 0 aromatic heterocycles. The summed E-state index contributed by atoms with van der Waals surface area (Å²) in [7, 11) is 0. The number of rotatable bonds is 4. The highest BCUT2D eigenvalue weighted by Gasteiger charge is 2.40. The molecule has 3 atom stereocenters. The first-order valence-corrected chi connectivity index (χ1v) is 9.82. The number of fused-ring (bicyclic) bond motifs is 2. The number of carbonyl (C=O) groups is 1. The SMILES string of the molecule is CC1CCN(C(C)CNC(=O)C2CC3CCCC(C2)C3N)CC1. The van der Waals surface area contributed by atoms with Gasteiger partial charge in [-0.1, -0.05) is 13.3 Å². The number of hydrogen-bond acceptors (Lipinski definition) is 3. The van der Waals surface area contributed by atoms with Gasteiger partial charge < -0.3 is 11.1 Å². The number of nitrogens with one attached hydrogen (secondary N) is 1. The van der Waals surface area contributed by atoms with E-state index >= 15 is 0 Å². The minimum Gasteiger partial charge on any atom is -0.354 e. The first kappa shape index (κ1) is 17.2. The Morgan fingerprint density at radius 3 is 2.39 bits per heavy atom. The van der Waals surface area contributed by atoms with Crippen molar-refractivity contribution >= 4 is 5.91 Å². The van der Waals surface area contributed by atoms with Crippen LogP contribution in [-0.2, 0) is 4.79 Å². The lowest BCUT2D eigenvalue weighted by molar-refractivity contribution is -0.128. The van der Waals surface area contributed by atoms with E-state index < -0.39 is 0 Å². The van der Waals surface area contributed by atoms with E-state index in [4.69, 9.17) is 5.73 Å². The molecule has 1 amide bonds. The molecule has 3 rings (SSSR count). The lowest BCUT2D eigenvalue weighted by Crippen LogP contribution is -2.50. The predicted octanol–water partition coefficient (Wildman–Crippen LogP) is 2.38. The van der Waals surface area contributed by atoms with Gasteiger partial charge in [0.2, 0.25) is 5.91 Å². The summed E-state index contributed by atoms with van der Waals surface area (Å²) < 4.78 is 0. The summed E-state index contributed by atoms with van der Waals surface area (Å²) in [6.45, 7) is 7.75. The quantitative estimate of drug-likeness (QED) is 0.836. The van der Waals surface area contributed by atoms with E-state index in [9.17, 15) is 4.79 Å². The van der Waals surface area contributed by atoms with Crippen molar-refractivity contribution in [1.29, 1.82) is 0 Å². The lowest BCUT2D eigenvalue weighted by Gasteiger charge is -2.43. The van der Waals surface area contributed by atoms with Gasteiger partial charge in [-0.05, 0) is 76.3 Å². The van der Waals surface area contributed by atoms with Crippen molar-refractivity contribution < 1.29 is 4.79 Å². The van der Waals surface area contributed by atoms with Gasteiger partial charge in [-0.25, -0.2) is 0 Å². The number of carbonyl (C=O) groups excluding carboxylic acids is 1. The molecule has 132 valence electrons. The molecule has 3 unspecified atom stereocenters. The predicted molar refractivity (Wildman–Crippen MR) is 94.0 cm³/mol. The molecule has 0 spiro atoms. The normalized spacial score (nSPS) is 37.3. The summed E-state index contributed by atoms with van der Waals surface area (Å²) in [5.74, 6) is 2.52. The van der Waals surface area contributed by atoms with Crippen molar-refractivity contribution in [1.82, 2.24) is 10.2 Å². The molecule has 1 aliphatic heterocycles. The molecular weight excluding hydrogens is 286 g/mol. The molecule has 2 aliphatic carbocycles. The van der Waals surface area contributed by atoms with E-state index in [0.29, 0.717) is 23.9 Å². The number of likely N-dealkylation sites (tertiary alicyclic amines) is 1. The van der Waals surface area contributed by atoms with Gasteiger partial charge in [-0.3, -0.25) is 9.69 Å². The summed E-state index contributed by atoms with van der Waals surface area (Å²) in [5, 5.41) is 3.24. The molecule has 4 heteroatoms. The summed E-state index contributed by atoms with van der Waals surface area (Å²) in [6, 6.07) is 0.805. The van der Waals surface area contributed by atoms with Crippen LogP contribution in [0.2, 0.25) is 0 Å². The van der Waals surface area contributed by atoms with Crippen molar-refractivity contribution in [2.24, 2.45) is 29.4 Å². The van der Waals surface area contributed by atoms with Crippen LogP contribution in [0.15, 0.2) is 0 Å². The zero-order valence-corrected chi connectivity index (χ0v) is 15.0. The summed E-state index contributed by atoms with van der Waals surface area (Å²) in [5.41, 5.74) is 6.34. The monoisotopic (exact) mass is 321 g/mol. The molecule has 0 radical (unpaired) electrons. The number of piperidine rings is 1. The minimum absolute atomic E-state index is 0.207. The van der Waals surface area contributed by atoms with Gasteiger partial charge in [-0.2, -0.15) is 0 Å². The smallest absolute Gasteiger partial charge is 0.223 e. The van der Waals surface area contributed by atoms with Gasteiger partial charge in [-0.15, -0.1) is 0 Å². The topological polar surface area (TPSA) is 58.4 Å². The maximum atomic E-state index is 12.6. The number of nitrogens with zero attached hydrogens (tertiary/aromatic N) is 1. The van der Waals surface area contributed by atoms with Gasteiger partial charge in [0.15, 0.2) is 0 Å². The van der Waals surface area contributed by atoms with Gasteiger partial charge in [0.05, 0.1) is 0 Å². The molecule has 3 N–H and O–H groups in total. The Labute approximate surface area is 141 Å². The average molecular weight is 322 g/mol. The van der Waals surface area contributed by atoms with Crippen LogP contribution in [0.25, 0.3) is 0 Å². The Bertz CT molecular complexity index is 391. The van der Waals surface area contributed by atoms with Crippen LogP contribution < -0.4 is 11.1 Å². The van der Waals surface area contributed by atoms with E-state index in [-0.39, 0.29) is 11.8 Å². The van der Waals surface area contributed by atoms with Gasteiger partial charge in [0, 0.05) is 24.5 Å².